The summed E-state index contributed by atoms with van der Waals surface area (Å²) in [5, 5.41) is 10.9. The molecule has 0 radical (unpaired) electrons. The third-order valence-electron chi connectivity index (χ3n) is 4.79. The van der Waals surface area contributed by atoms with E-state index in [1.165, 1.54) is 12.1 Å². The molecule has 2 heterocycles. The molecule has 4 nitrogen and oxygen atoms in total. The van der Waals surface area contributed by atoms with E-state index >= 15 is 0 Å². The smallest absolute Gasteiger partial charge is 0.248 e. The first kappa shape index (κ1) is 17.3. The predicted octanol–water partition coefficient (Wildman–Crippen LogP) is 4.16. The van der Waals surface area contributed by atoms with Crippen LogP contribution in [0.3, 0.4) is 0 Å². The fourth-order valence-corrected chi connectivity index (χ4v) is 3.91. The summed E-state index contributed by atoms with van der Waals surface area (Å²) in [6.07, 6.45) is 0.632. The molecule has 0 spiro atoms. The number of aromatic amines is 1. The number of carbonyl (C=O) groups is 1. The van der Waals surface area contributed by atoms with Crippen LogP contribution in [0.25, 0.3) is 22.0 Å². The maximum Gasteiger partial charge on any atom is 0.248 e. The number of nitrogens with one attached hydrogen (secondary N) is 1. The molecule has 0 atom stereocenters. The van der Waals surface area contributed by atoms with E-state index in [1.54, 1.807) is 23.1 Å². The van der Waals surface area contributed by atoms with Crippen LogP contribution < -0.4 is 0 Å². The minimum absolute atomic E-state index is 0.312. The van der Waals surface area contributed by atoms with Gasteiger partial charge >= 0.3 is 0 Å². The van der Waals surface area contributed by atoms with Gasteiger partial charge in [-0.1, -0.05) is 35.3 Å². The van der Waals surface area contributed by atoms with E-state index in [2.05, 4.69) is 4.98 Å². The molecule has 134 valence electrons. The van der Waals surface area contributed by atoms with E-state index in [0.29, 0.717) is 35.1 Å². The Morgan fingerprint density at radius 3 is 2.69 bits per heavy atom. The van der Waals surface area contributed by atoms with Crippen molar-refractivity contribution in [1.82, 2.24) is 9.88 Å². The van der Waals surface area contributed by atoms with E-state index in [9.17, 15) is 9.18 Å². The van der Waals surface area contributed by atoms with Gasteiger partial charge in [-0.15, -0.1) is 0 Å². The van der Waals surface area contributed by atoms with Crippen LogP contribution in [-0.4, -0.2) is 34.0 Å². The Hall–Kier alpha value is -2.08. The molecule has 0 bridgehead atoms. The zero-order valence-electron chi connectivity index (χ0n) is 13.7. The van der Waals surface area contributed by atoms with E-state index in [-0.39, 0.29) is 11.7 Å². The highest BCUT2D eigenvalue weighted by Crippen LogP contribution is 2.42. The minimum Gasteiger partial charge on any atom is -0.387 e. The van der Waals surface area contributed by atoms with Crippen LogP contribution in [0.2, 0.25) is 10.0 Å². The van der Waals surface area contributed by atoms with Crippen molar-refractivity contribution in [3.05, 3.63) is 57.5 Å². The lowest BCUT2D eigenvalue weighted by Gasteiger charge is -2.27. The van der Waals surface area contributed by atoms with Gasteiger partial charge in [-0.05, 0) is 29.3 Å². The number of aliphatic hydroxyl groups is 1. The van der Waals surface area contributed by atoms with Crippen LogP contribution in [0, 0.1) is 5.82 Å². The number of aromatic nitrogens is 1. The van der Waals surface area contributed by atoms with Gasteiger partial charge in [-0.3, -0.25) is 4.79 Å². The van der Waals surface area contributed by atoms with Crippen molar-refractivity contribution in [1.29, 1.82) is 0 Å². The Bertz CT molecular complexity index is 1010. The molecule has 1 aliphatic heterocycles. The summed E-state index contributed by atoms with van der Waals surface area (Å²) >= 11 is 12.7. The highest BCUT2D eigenvalue weighted by atomic mass is 35.5. The number of benzene rings is 2. The number of amides is 1. The molecule has 7 heteroatoms. The van der Waals surface area contributed by atoms with Crippen LogP contribution in [0.5, 0.6) is 0 Å². The van der Waals surface area contributed by atoms with Gasteiger partial charge in [0.15, 0.2) is 0 Å². The highest BCUT2D eigenvalue weighted by Gasteiger charge is 2.26. The molecule has 1 aliphatic rings. The molecule has 4 rings (SSSR count). The molecule has 2 N–H and O–H groups in total. The summed E-state index contributed by atoms with van der Waals surface area (Å²) in [6.45, 7) is 0.381. The number of carbonyl (C=O) groups excluding carboxylic acids is 1. The van der Waals surface area contributed by atoms with Crippen molar-refractivity contribution in [2.75, 3.05) is 13.2 Å². The summed E-state index contributed by atoms with van der Waals surface area (Å²) in [6, 6.07) is 7.93. The monoisotopic (exact) mass is 392 g/mol. The molecular formula is C19H15Cl2FN2O2. The van der Waals surface area contributed by atoms with Gasteiger partial charge < -0.3 is 15.0 Å². The van der Waals surface area contributed by atoms with Crippen LogP contribution in [0.1, 0.15) is 11.3 Å². The van der Waals surface area contributed by atoms with Gasteiger partial charge in [0.2, 0.25) is 5.91 Å². The maximum absolute atomic E-state index is 13.3. The number of nitrogens with zero attached hydrogens (tertiary/aromatic N) is 1. The lowest BCUT2D eigenvalue weighted by atomic mass is 9.96. The Morgan fingerprint density at radius 1 is 1.27 bits per heavy atom. The molecule has 2 aromatic carbocycles. The second kappa shape index (κ2) is 6.58. The predicted molar refractivity (Wildman–Crippen MR) is 99.9 cm³/mol. The average molecular weight is 393 g/mol. The molecule has 1 aromatic heterocycles. The Labute approximate surface area is 159 Å². The van der Waals surface area contributed by atoms with E-state index in [1.807, 2.05) is 0 Å². The quantitative estimate of drug-likeness (QED) is 0.687. The van der Waals surface area contributed by atoms with Gasteiger partial charge in [0, 0.05) is 36.2 Å². The lowest BCUT2D eigenvalue weighted by molar-refractivity contribution is -0.135. The number of aliphatic hydroxyl groups excluding tert-OH is 1. The summed E-state index contributed by atoms with van der Waals surface area (Å²) in [5.41, 5.74) is 4.29. The van der Waals surface area contributed by atoms with Crippen LogP contribution in [0.4, 0.5) is 4.39 Å². The lowest BCUT2D eigenvalue weighted by Crippen LogP contribution is -2.37. The van der Waals surface area contributed by atoms with Crippen molar-refractivity contribution in [2.45, 2.75) is 13.0 Å². The Balaban J connectivity index is 1.95. The topological polar surface area (TPSA) is 56.3 Å². The molecule has 3 aromatic rings. The van der Waals surface area contributed by atoms with E-state index < -0.39 is 6.61 Å². The number of fused-ring (bicyclic) bond motifs is 3. The first-order chi connectivity index (χ1) is 12.5. The minimum atomic E-state index is -0.519. The summed E-state index contributed by atoms with van der Waals surface area (Å²) in [4.78, 5) is 16.9. The molecular weight excluding hydrogens is 378 g/mol. The maximum atomic E-state index is 13.3. The standard InChI is InChI=1S/C19H15Cl2FN2O2/c20-14-7-12(10-1-3-11(22)4-2-10)17-13-8-24(16(26)9-25)6-5-15(13)23-19(17)18(14)21/h1-4,7,23,25H,5-6,8-9H2. The summed E-state index contributed by atoms with van der Waals surface area (Å²) < 4.78 is 13.3. The number of H-pyrrole nitrogens is 1. The Morgan fingerprint density at radius 2 is 2.00 bits per heavy atom. The van der Waals surface area contributed by atoms with Crippen LogP contribution in [-0.2, 0) is 17.8 Å². The molecule has 0 fully saturated rings. The molecule has 0 saturated carbocycles. The molecule has 0 unspecified atom stereocenters. The normalized spacial score (nSPS) is 13.9. The fraction of sp³-hybridized carbons (Fsp3) is 0.211. The molecule has 0 saturated heterocycles. The van der Waals surface area contributed by atoms with Gasteiger partial charge in [0.1, 0.15) is 12.4 Å². The number of hydrogen-bond donors (Lipinski definition) is 2. The van der Waals surface area contributed by atoms with E-state index in [0.717, 1.165) is 27.8 Å². The first-order valence-electron chi connectivity index (χ1n) is 8.15. The van der Waals surface area contributed by atoms with Gasteiger partial charge in [0.05, 0.1) is 15.6 Å². The third-order valence-corrected chi connectivity index (χ3v) is 5.57. The fourth-order valence-electron chi connectivity index (χ4n) is 3.51. The first-order valence-corrected chi connectivity index (χ1v) is 8.91. The van der Waals surface area contributed by atoms with Crippen molar-refractivity contribution < 1.29 is 14.3 Å². The van der Waals surface area contributed by atoms with Crippen molar-refractivity contribution in [2.24, 2.45) is 0 Å². The Kier molecular flexibility index (Phi) is 4.39. The van der Waals surface area contributed by atoms with Gasteiger partial charge in [-0.25, -0.2) is 4.39 Å². The molecule has 1 amide bonds. The summed E-state index contributed by atoms with van der Waals surface area (Å²) in [5.74, 6) is -0.630. The van der Waals surface area contributed by atoms with Crippen molar-refractivity contribution in [3.63, 3.8) is 0 Å². The second-order valence-electron chi connectivity index (χ2n) is 6.28. The summed E-state index contributed by atoms with van der Waals surface area (Å²) in [7, 11) is 0. The van der Waals surface area contributed by atoms with Crippen molar-refractivity contribution in [3.8, 4) is 11.1 Å². The zero-order valence-corrected chi connectivity index (χ0v) is 15.2. The van der Waals surface area contributed by atoms with Gasteiger partial charge in [0.25, 0.3) is 0 Å². The number of hydrogen-bond acceptors (Lipinski definition) is 2. The highest BCUT2D eigenvalue weighted by molar-refractivity contribution is 6.45. The SMILES string of the molecule is O=C(CO)N1CCc2[nH]c3c(Cl)c(Cl)cc(-c4ccc(F)cc4)c3c2C1. The average Bonchev–Trinajstić information content (AvgIpc) is 3.04. The molecule has 0 aliphatic carbocycles. The zero-order chi connectivity index (χ0) is 18.4. The third kappa shape index (κ3) is 2.76. The largest absolute Gasteiger partial charge is 0.387 e. The molecule has 26 heavy (non-hydrogen) atoms. The van der Waals surface area contributed by atoms with Crippen LogP contribution >= 0.6 is 23.2 Å². The van der Waals surface area contributed by atoms with Crippen LogP contribution in [0.15, 0.2) is 30.3 Å². The van der Waals surface area contributed by atoms with Gasteiger partial charge in [-0.2, -0.15) is 0 Å². The van der Waals surface area contributed by atoms with Crippen molar-refractivity contribution >= 4 is 40.0 Å². The number of halogens is 3. The second-order valence-corrected chi connectivity index (χ2v) is 7.07. The van der Waals surface area contributed by atoms with E-state index in [4.69, 9.17) is 28.3 Å². The number of rotatable bonds is 2.